The number of rotatable bonds is 4. The molecule has 0 aromatic carbocycles. The Balaban J connectivity index is 2.62. The van der Waals surface area contributed by atoms with Crippen molar-refractivity contribution in [2.45, 2.75) is 30.5 Å². The first kappa shape index (κ1) is 12.3. The minimum absolute atomic E-state index is 0.653. The van der Waals surface area contributed by atoms with Gasteiger partial charge in [0.05, 0.1) is 6.61 Å². The molecule has 8 heteroatoms. The SMILES string of the molecule is O=[N+]([O-])CC1O[C@H]([C@H](O)CO)[C@H](O)[C@@H]1O. The zero-order chi connectivity index (χ0) is 11.6. The normalized spacial score (nSPS) is 37.9. The molecule has 8 nitrogen and oxygen atoms in total. The molecule has 0 aromatic rings. The molecule has 0 radical (unpaired) electrons. The summed E-state index contributed by atoms with van der Waals surface area (Å²) in [6.07, 6.45) is -6.60. The van der Waals surface area contributed by atoms with Crippen molar-refractivity contribution >= 4 is 0 Å². The average molecular weight is 223 g/mol. The summed E-state index contributed by atoms with van der Waals surface area (Å²) in [5.74, 6) is 0. The zero-order valence-electron chi connectivity index (χ0n) is 7.76. The highest BCUT2D eigenvalue weighted by Crippen LogP contribution is 2.23. The van der Waals surface area contributed by atoms with Gasteiger partial charge in [-0.2, -0.15) is 0 Å². The molecule has 1 aliphatic rings. The molecule has 0 amide bonds. The number of ether oxygens (including phenoxy) is 1. The summed E-state index contributed by atoms with van der Waals surface area (Å²) in [5.41, 5.74) is 0. The first-order valence-corrected chi connectivity index (χ1v) is 4.39. The summed E-state index contributed by atoms with van der Waals surface area (Å²) >= 11 is 0. The lowest BCUT2D eigenvalue weighted by atomic mass is 10.0. The van der Waals surface area contributed by atoms with E-state index in [1.807, 2.05) is 0 Å². The van der Waals surface area contributed by atoms with Crippen molar-refractivity contribution < 1.29 is 30.1 Å². The molecule has 1 saturated heterocycles. The van der Waals surface area contributed by atoms with Gasteiger partial charge in [-0.3, -0.25) is 10.1 Å². The van der Waals surface area contributed by atoms with Gasteiger partial charge in [0.15, 0.2) is 6.10 Å². The standard InChI is InChI=1S/C7H13NO7/c9-2-3(10)7-6(12)5(11)4(15-7)1-8(13)14/h3-7,9-12H,1-2H2/t3-,4?,5-,6-,7-/m1/s1. The average Bonchev–Trinajstić information content (AvgIpc) is 2.44. The van der Waals surface area contributed by atoms with E-state index >= 15 is 0 Å². The third kappa shape index (κ3) is 2.61. The molecule has 5 atom stereocenters. The Morgan fingerprint density at radius 2 is 2.00 bits per heavy atom. The van der Waals surface area contributed by atoms with Crippen LogP contribution in [0, 0.1) is 10.1 Å². The van der Waals surface area contributed by atoms with Gasteiger partial charge < -0.3 is 25.2 Å². The van der Waals surface area contributed by atoms with Crippen LogP contribution in [0.15, 0.2) is 0 Å². The van der Waals surface area contributed by atoms with Crippen LogP contribution in [0.3, 0.4) is 0 Å². The highest BCUT2D eigenvalue weighted by Gasteiger charge is 2.47. The van der Waals surface area contributed by atoms with Crippen molar-refractivity contribution in [2.75, 3.05) is 13.2 Å². The maximum atomic E-state index is 10.2. The van der Waals surface area contributed by atoms with Crippen molar-refractivity contribution in [3.63, 3.8) is 0 Å². The van der Waals surface area contributed by atoms with E-state index in [-0.39, 0.29) is 0 Å². The molecular formula is C7H13NO7. The van der Waals surface area contributed by atoms with Crippen LogP contribution in [0.5, 0.6) is 0 Å². The molecule has 1 rings (SSSR count). The lowest BCUT2D eigenvalue weighted by Crippen LogP contribution is -2.40. The summed E-state index contributed by atoms with van der Waals surface area (Å²) in [7, 11) is 0. The van der Waals surface area contributed by atoms with Gasteiger partial charge in [0.2, 0.25) is 6.54 Å². The Morgan fingerprint density at radius 3 is 2.47 bits per heavy atom. The molecule has 88 valence electrons. The lowest BCUT2D eigenvalue weighted by Gasteiger charge is -2.18. The van der Waals surface area contributed by atoms with Crippen LogP contribution >= 0.6 is 0 Å². The minimum Gasteiger partial charge on any atom is -0.394 e. The summed E-state index contributed by atoms with van der Waals surface area (Å²) < 4.78 is 4.90. The van der Waals surface area contributed by atoms with Crippen LogP contribution < -0.4 is 0 Å². The molecule has 1 fully saturated rings. The van der Waals surface area contributed by atoms with Crippen LogP contribution in [-0.4, -0.2) is 69.0 Å². The topological polar surface area (TPSA) is 133 Å². The van der Waals surface area contributed by atoms with Crippen molar-refractivity contribution in [2.24, 2.45) is 0 Å². The minimum atomic E-state index is -1.43. The number of hydrogen-bond acceptors (Lipinski definition) is 7. The molecule has 0 aromatic heterocycles. The van der Waals surface area contributed by atoms with E-state index in [0.717, 1.165) is 0 Å². The molecule has 1 heterocycles. The first-order valence-electron chi connectivity index (χ1n) is 4.39. The Kier molecular flexibility index (Phi) is 3.94. The van der Waals surface area contributed by atoms with Gasteiger partial charge in [0.25, 0.3) is 0 Å². The molecule has 0 aliphatic carbocycles. The Hall–Kier alpha value is -0.800. The van der Waals surface area contributed by atoms with Crippen LogP contribution in [0.25, 0.3) is 0 Å². The highest BCUT2D eigenvalue weighted by molar-refractivity contribution is 4.93. The number of nitro groups is 1. The van der Waals surface area contributed by atoms with Crippen LogP contribution in [0.1, 0.15) is 0 Å². The largest absolute Gasteiger partial charge is 0.394 e. The Bertz CT molecular complexity index is 235. The van der Waals surface area contributed by atoms with Gasteiger partial charge in [-0.1, -0.05) is 0 Å². The Morgan fingerprint density at radius 1 is 1.40 bits per heavy atom. The molecule has 1 unspecified atom stereocenters. The van der Waals surface area contributed by atoms with Crippen molar-refractivity contribution in [1.82, 2.24) is 0 Å². The second-order valence-corrected chi connectivity index (χ2v) is 3.39. The molecule has 0 saturated carbocycles. The fourth-order valence-electron chi connectivity index (χ4n) is 1.50. The highest BCUT2D eigenvalue weighted by atomic mass is 16.6. The van der Waals surface area contributed by atoms with Crippen LogP contribution in [0.2, 0.25) is 0 Å². The van der Waals surface area contributed by atoms with Crippen molar-refractivity contribution in [3.05, 3.63) is 10.1 Å². The van der Waals surface area contributed by atoms with E-state index in [2.05, 4.69) is 0 Å². The third-order valence-corrected chi connectivity index (χ3v) is 2.29. The molecule has 1 aliphatic heterocycles. The maximum Gasteiger partial charge on any atom is 0.232 e. The molecule has 0 spiro atoms. The fourth-order valence-corrected chi connectivity index (χ4v) is 1.50. The van der Waals surface area contributed by atoms with Crippen LogP contribution in [0.4, 0.5) is 0 Å². The summed E-state index contributed by atoms with van der Waals surface area (Å²) in [5, 5.41) is 46.7. The number of aliphatic hydroxyl groups excluding tert-OH is 4. The third-order valence-electron chi connectivity index (χ3n) is 2.29. The fraction of sp³-hybridized carbons (Fsp3) is 1.00. The lowest BCUT2D eigenvalue weighted by molar-refractivity contribution is -0.492. The summed E-state index contributed by atoms with van der Waals surface area (Å²) in [6.45, 7) is -1.31. The van der Waals surface area contributed by atoms with Gasteiger partial charge in [-0.05, 0) is 0 Å². The molecular weight excluding hydrogens is 210 g/mol. The van der Waals surface area contributed by atoms with E-state index in [0.29, 0.717) is 0 Å². The predicted octanol–water partition coefficient (Wildman–Crippen LogP) is -2.89. The van der Waals surface area contributed by atoms with E-state index in [1.54, 1.807) is 0 Å². The quantitative estimate of drug-likeness (QED) is 0.297. The van der Waals surface area contributed by atoms with E-state index in [4.69, 9.17) is 9.84 Å². The second-order valence-electron chi connectivity index (χ2n) is 3.39. The van der Waals surface area contributed by atoms with E-state index < -0.39 is 48.6 Å². The van der Waals surface area contributed by atoms with Crippen LogP contribution in [-0.2, 0) is 4.74 Å². The van der Waals surface area contributed by atoms with E-state index in [9.17, 15) is 25.4 Å². The van der Waals surface area contributed by atoms with Gasteiger partial charge in [0, 0.05) is 4.92 Å². The summed E-state index contributed by atoms with van der Waals surface area (Å²) in [6, 6.07) is 0. The zero-order valence-corrected chi connectivity index (χ0v) is 7.76. The molecule has 15 heavy (non-hydrogen) atoms. The van der Waals surface area contributed by atoms with Gasteiger partial charge in [-0.15, -0.1) is 0 Å². The Labute approximate surface area is 84.9 Å². The maximum absolute atomic E-state index is 10.2. The predicted molar refractivity (Wildman–Crippen MR) is 45.6 cm³/mol. The summed E-state index contributed by atoms with van der Waals surface area (Å²) in [4.78, 5) is 9.49. The molecule has 4 N–H and O–H groups in total. The van der Waals surface area contributed by atoms with E-state index in [1.165, 1.54) is 0 Å². The number of hydrogen-bond donors (Lipinski definition) is 4. The van der Waals surface area contributed by atoms with Gasteiger partial charge in [-0.25, -0.2) is 0 Å². The monoisotopic (exact) mass is 223 g/mol. The number of nitrogens with zero attached hydrogens (tertiary/aromatic N) is 1. The number of aliphatic hydroxyl groups is 4. The van der Waals surface area contributed by atoms with Gasteiger partial charge in [0.1, 0.15) is 24.4 Å². The second kappa shape index (κ2) is 4.81. The van der Waals surface area contributed by atoms with Gasteiger partial charge >= 0.3 is 0 Å². The van der Waals surface area contributed by atoms with Crippen molar-refractivity contribution in [1.29, 1.82) is 0 Å². The smallest absolute Gasteiger partial charge is 0.232 e. The first-order chi connectivity index (χ1) is 6.97. The van der Waals surface area contributed by atoms with Crippen molar-refractivity contribution in [3.8, 4) is 0 Å². The molecule has 0 bridgehead atoms.